The smallest absolute Gasteiger partial charge is 0.325 e. The summed E-state index contributed by atoms with van der Waals surface area (Å²) in [4.78, 5) is 37.9. The van der Waals surface area contributed by atoms with Crippen LogP contribution in [0.2, 0.25) is 0 Å². The number of nitrogens with zero attached hydrogens (tertiary/aromatic N) is 3. The van der Waals surface area contributed by atoms with Gasteiger partial charge in [0.15, 0.2) is 5.13 Å². The Morgan fingerprint density at radius 2 is 1.97 bits per heavy atom. The van der Waals surface area contributed by atoms with Crippen LogP contribution in [0.4, 0.5) is 28.8 Å². The van der Waals surface area contributed by atoms with E-state index in [0.717, 1.165) is 23.6 Å². The molecule has 3 aromatic rings. The van der Waals surface area contributed by atoms with Crippen molar-refractivity contribution in [3.05, 3.63) is 70.5 Å². The minimum Gasteiger partial charge on any atom is -0.325 e. The quantitative estimate of drug-likeness (QED) is 0.263. The van der Waals surface area contributed by atoms with Gasteiger partial charge in [-0.3, -0.25) is 20.4 Å². The van der Waals surface area contributed by atoms with E-state index in [9.17, 15) is 22.8 Å². The summed E-state index contributed by atoms with van der Waals surface area (Å²) in [6, 6.07) is 7.46. The van der Waals surface area contributed by atoms with Gasteiger partial charge in [0, 0.05) is 31.0 Å². The van der Waals surface area contributed by atoms with Crippen LogP contribution >= 0.6 is 11.3 Å². The second kappa shape index (κ2) is 11.4. The number of rotatable bonds is 6. The van der Waals surface area contributed by atoms with Gasteiger partial charge in [-0.15, -0.1) is 0 Å². The van der Waals surface area contributed by atoms with Crippen LogP contribution in [-0.2, 0) is 11.1 Å². The third kappa shape index (κ3) is 7.51. The molecule has 3 N–H and O–H groups in total. The average molecular weight is 505 g/mol. The van der Waals surface area contributed by atoms with E-state index in [0.29, 0.717) is 27.3 Å². The Labute approximate surface area is 201 Å². The highest BCUT2D eigenvalue weighted by atomic mass is 32.1. The predicted octanol–water partition coefficient (Wildman–Crippen LogP) is 4.16. The Balaban J connectivity index is 1.65. The molecule has 0 aliphatic heterocycles. The standard InChI is InChI=1S/C22H18F3N5O4S/c1-30(9-10-34-33)21(32)29-20-27-13-17(35-20)6-5-14-3-2-4-16(11-14)28-19(31)18-12-15(7-8-26-18)22(23,24)25/h2-4,7-8,11-13,33H,9-10H2,1H3,(H,28,31)(H,27,29,32). The summed E-state index contributed by atoms with van der Waals surface area (Å²) in [5, 5.41) is 13.8. The van der Waals surface area contributed by atoms with Crippen LogP contribution in [0.3, 0.4) is 0 Å². The van der Waals surface area contributed by atoms with Gasteiger partial charge in [0.25, 0.3) is 5.91 Å². The molecule has 13 heteroatoms. The van der Waals surface area contributed by atoms with Crippen molar-refractivity contribution in [1.29, 1.82) is 0 Å². The van der Waals surface area contributed by atoms with Crippen LogP contribution < -0.4 is 10.6 Å². The molecule has 0 unspecified atom stereocenters. The highest BCUT2D eigenvalue weighted by Crippen LogP contribution is 2.29. The maximum Gasteiger partial charge on any atom is 0.416 e. The summed E-state index contributed by atoms with van der Waals surface area (Å²) < 4.78 is 38.6. The first kappa shape index (κ1) is 25.6. The van der Waals surface area contributed by atoms with Crippen molar-refractivity contribution in [2.75, 3.05) is 30.8 Å². The van der Waals surface area contributed by atoms with Crippen molar-refractivity contribution in [2.45, 2.75) is 6.18 Å². The van der Waals surface area contributed by atoms with E-state index in [1.54, 1.807) is 24.3 Å². The number of carbonyl (C=O) groups excluding carboxylic acids is 2. The Kier molecular flexibility index (Phi) is 8.37. The van der Waals surface area contributed by atoms with E-state index in [1.165, 1.54) is 18.1 Å². The summed E-state index contributed by atoms with van der Waals surface area (Å²) in [5.74, 6) is 5.00. The molecular weight excluding hydrogens is 487 g/mol. The maximum atomic E-state index is 12.9. The van der Waals surface area contributed by atoms with Gasteiger partial charge in [-0.25, -0.2) is 14.7 Å². The number of hydrogen-bond donors (Lipinski definition) is 3. The molecule has 2 aromatic heterocycles. The molecule has 0 radical (unpaired) electrons. The van der Waals surface area contributed by atoms with E-state index < -0.39 is 23.7 Å². The Hall–Kier alpha value is -3.99. The lowest BCUT2D eigenvalue weighted by Crippen LogP contribution is -2.33. The van der Waals surface area contributed by atoms with Crippen LogP contribution in [0.5, 0.6) is 0 Å². The van der Waals surface area contributed by atoms with E-state index in [2.05, 4.69) is 37.3 Å². The lowest BCUT2D eigenvalue weighted by molar-refractivity contribution is -0.242. The van der Waals surface area contributed by atoms with Gasteiger partial charge < -0.3 is 10.2 Å². The molecular formula is C22H18F3N5O4S. The largest absolute Gasteiger partial charge is 0.416 e. The molecule has 0 saturated carbocycles. The number of thiazole rings is 1. The number of nitrogens with one attached hydrogen (secondary N) is 2. The van der Waals surface area contributed by atoms with Gasteiger partial charge in [-0.05, 0) is 36.3 Å². The van der Waals surface area contributed by atoms with Gasteiger partial charge in [0.1, 0.15) is 5.69 Å². The summed E-state index contributed by atoms with van der Waals surface area (Å²) in [7, 11) is 1.53. The monoisotopic (exact) mass is 505 g/mol. The second-order valence-corrected chi connectivity index (χ2v) is 7.96. The number of hydrogen-bond acceptors (Lipinski definition) is 7. The van der Waals surface area contributed by atoms with Crippen LogP contribution in [0.25, 0.3) is 0 Å². The van der Waals surface area contributed by atoms with Crippen LogP contribution in [-0.4, -0.2) is 52.3 Å². The summed E-state index contributed by atoms with van der Waals surface area (Å²) in [6.07, 6.45) is -2.18. The summed E-state index contributed by atoms with van der Waals surface area (Å²) >= 11 is 1.14. The van der Waals surface area contributed by atoms with Crippen LogP contribution in [0.15, 0.2) is 48.8 Å². The fourth-order valence-electron chi connectivity index (χ4n) is 2.59. The van der Waals surface area contributed by atoms with Crippen molar-refractivity contribution in [3.63, 3.8) is 0 Å². The zero-order valence-corrected chi connectivity index (χ0v) is 18.9. The van der Waals surface area contributed by atoms with Crippen LogP contribution in [0.1, 0.15) is 26.5 Å². The number of anilines is 2. The third-order valence-electron chi connectivity index (χ3n) is 4.35. The van der Waals surface area contributed by atoms with E-state index >= 15 is 0 Å². The number of pyridine rings is 1. The Morgan fingerprint density at radius 1 is 1.17 bits per heavy atom. The predicted molar refractivity (Wildman–Crippen MR) is 122 cm³/mol. The first-order valence-corrected chi connectivity index (χ1v) is 10.7. The minimum absolute atomic E-state index is 0.0332. The molecule has 0 aliphatic rings. The Morgan fingerprint density at radius 3 is 2.71 bits per heavy atom. The number of aromatic nitrogens is 2. The van der Waals surface area contributed by atoms with Crippen molar-refractivity contribution in [3.8, 4) is 11.8 Å². The first-order chi connectivity index (χ1) is 16.7. The fourth-order valence-corrected chi connectivity index (χ4v) is 3.25. The molecule has 3 amide bonds. The average Bonchev–Trinajstić information content (AvgIpc) is 3.28. The molecule has 35 heavy (non-hydrogen) atoms. The number of carbonyl (C=O) groups is 2. The first-order valence-electron chi connectivity index (χ1n) is 9.86. The Bertz CT molecular complexity index is 1270. The molecule has 1 aromatic carbocycles. The summed E-state index contributed by atoms with van der Waals surface area (Å²) in [6.45, 7) is 0.144. The molecule has 0 bridgehead atoms. The molecule has 182 valence electrons. The molecule has 9 nitrogen and oxygen atoms in total. The lowest BCUT2D eigenvalue weighted by Gasteiger charge is -2.15. The lowest BCUT2D eigenvalue weighted by atomic mass is 10.2. The number of likely N-dealkylation sites (N-methyl/N-ethyl adjacent to an activating group) is 1. The number of benzene rings is 1. The number of amides is 3. The number of halogens is 3. The normalized spacial score (nSPS) is 10.8. The highest BCUT2D eigenvalue weighted by Gasteiger charge is 2.31. The zero-order chi connectivity index (χ0) is 25.4. The molecule has 0 saturated heterocycles. The van der Waals surface area contributed by atoms with Crippen molar-refractivity contribution < 1.29 is 32.9 Å². The number of alkyl halides is 3. The van der Waals surface area contributed by atoms with E-state index in [-0.39, 0.29) is 18.8 Å². The highest BCUT2D eigenvalue weighted by molar-refractivity contribution is 7.16. The number of urea groups is 1. The summed E-state index contributed by atoms with van der Waals surface area (Å²) in [5.41, 5.74) is -0.482. The van der Waals surface area contributed by atoms with Crippen molar-refractivity contribution in [1.82, 2.24) is 14.9 Å². The van der Waals surface area contributed by atoms with Gasteiger partial charge in [0.2, 0.25) is 0 Å². The SMILES string of the molecule is CN(CCOO)C(=O)Nc1ncc(C#Cc2cccc(NC(=O)c3cc(C(F)(F)F)ccn3)c2)s1. The van der Waals surface area contributed by atoms with Gasteiger partial charge in [-0.1, -0.05) is 23.3 Å². The topological polar surface area (TPSA) is 117 Å². The van der Waals surface area contributed by atoms with Crippen molar-refractivity contribution in [2.24, 2.45) is 0 Å². The van der Waals surface area contributed by atoms with Gasteiger partial charge in [-0.2, -0.15) is 13.2 Å². The van der Waals surface area contributed by atoms with E-state index in [4.69, 9.17) is 5.26 Å². The molecule has 0 aliphatic carbocycles. The second-order valence-electron chi connectivity index (χ2n) is 6.93. The van der Waals surface area contributed by atoms with E-state index in [1.807, 2.05) is 0 Å². The molecule has 3 rings (SSSR count). The fraction of sp³-hybridized carbons (Fsp3) is 0.182. The van der Waals surface area contributed by atoms with Crippen LogP contribution in [0, 0.1) is 11.8 Å². The third-order valence-corrected chi connectivity index (χ3v) is 5.18. The van der Waals surface area contributed by atoms with Gasteiger partial charge in [0.05, 0.1) is 23.2 Å². The molecule has 0 spiro atoms. The molecule has 0 atom stereocenters. The molecule has 2 heterocycles. The maximum absolute atomic E-state index is 12.9. The molecule has 0 fully saturated rings. The zero-order valence-electron chi connectivity index (χ0n) is 18.1. The van der Waals surface area contributed by atoms with Gasteiger partial charge >= 0.3 is 12.2 Å². The van der Waals surface area contributed by atoms with Crippen molar-refractivity contribution >= 4 is 34.1 Å². The minimum atomic E-state index is -4.59.